The summed E-state index contributed by atoms with van der Waals surface area (Å²) in [6.45, 7) is 8.40. The van der Waals surface area contributed by atoms with E-state index in [0.717, 1.165) is 19.7 Å². The van der Waals surface area contributed by atoms with Gasteiger partial charge in [0.2, 0.25) is 0 Å². The molecule has 0 radical (unpaired) electrons. The van der Waals surface area contributed by atoms with E-state index in [1.165, 1.54) is 19.4 Å². The summed E-state index contributed by atoms with van der Waals surface area (Å²) >= 11 is 0. The lowest BCUT2D eigenvalue weighted by Crippen LogP contribution is -2.37. The molecule has 0 bridgehead atoms. The molecule has 1 N–H and O–H groups in total. The van der Waals surface area contributed by atoms with Crippen LogP contribution in [0.25, 0.3) is 0 Å². The third kappa shape index (κ3) is 4.94. The summed E-state index contributed by atoms with van der Waals surface area (Å²) in [5, 5.41) is 3.50. The number of nitrogens with one attached hydrogen (secondary N) is 1. The summed E-state index contributed by atoms with van der Waals surface area (Å²) in [7, 11) is 2.17. The van der Waals surface area contributed by atoms with Gasteiger partial charge in [-0.2, -0.15) is 0 Å². The molecule has 1 aliphatic heterocycles. The molecule has 1 heterocycles. The van der Waals surface area contributed by atoms with Gasteiger partial charge in [-0.1, -0.05) is 0 Å². The van der Waals surface area contributed by atoms with Crippen LogP contribution >= 0.6 is 0 Å². The van der Waals surface area contributed by atoms with Crippen LogP contribution in [0.15, 0.2) is 0 Å². The number of rotatable bonds is 6. The van der Waals surface area contributed by atoms with Gasteiger partial charge >= 0.3 is 0 Å². The smallest absolute Gasteiger partial charge is 0.0596 e. The molecule has 1 rings (SSSR count). The van der Waals surface area contributed by atoms with E-state index in [4.69, 9.17) is 4.74 Å². The van der Waals surface area contributed by atoms with Crippen LogP contribution < -0.4 is 5.32 Å². The van der Waals surface area contributed by atoms with Crippen molar-refractivity contribution in [1.82, 2.24) is 10.2 Å². The average Bonchev–Trinajstić information content (AvgIpc) is 2.56. The van der Waals surface area contributed by atoms with Gasteiger partial charge in [0, 0.05) is 19.1 Å². The minimum absolute atomic E-state index is 0.355. The summed E-state index contributed by atoms with van der Waals surface area (Å²) < 4.78 is 5.51. The van der Waals surface area contributed by atoms with Gasteiger partial charge in [0.15, 0.2) is 0 Å². The van der Waals surface area contributed by atoms with E-state index >= 15 is 0 Å². The Hall–Kier alpha value is -0.120. The Morgan fingerprint density at radius 3 is 2.86 bits per heavy atom. The molecule has 0 unspecified atom stereocenters. The molecule has 3 nitrogen and oxygen atoms in total. The highest BCUT2D eigenvalue weighted by Gasteiger charge is 2.15. The first kappa shape index (κ1) is 12.0. The molecule has 14 heavy (non-hydrogen) atoms. The van der Waals surface area contributed by atoms with Crippen molar-refractivity contribution >= 4 is 0 Å². The third-order valence-corrected chi connectivity index (χ3v) is 2.62. The second-order valence-electron chi connectivity index (χ2n) is 4.48. The largest absolute Gasteiger partial charge is 0.377 e. The lowest BCUT2D eigenvalue weighted by atomic mass is 10.2. The number of likely N-dealkylation sites (N-methyl/N-ethyl adjacent to an activating group) is 1. The third-order valence-electron chi connectivity index (χ3n) is 2.62. The van der Waals surface area contributed by atoms with E-state index in [1.807, 2.05) is 0 Å². The van der Waals surface area contributed by atoms with Crippen LogP contribution in [0.3, 0.4) is 0 Å². The molecule has 1 fully saturated rings. The van der Waals surface area contributed by atoms with E-state index in [2.05, 4.69) is 31.1 Å². The minimum Gasteiger partial charge on any atom is -0.377 e. The van der Waals surface area contributed by atoms with Crippen LogP contribution in [0, 0.1) is 0 Å². The molecule has 1 atom stereocenters. The SMILES string of the molecule is CC(C)OCCN(C)C[C@H]1CCCN1. The second kappa shape index (κ2) is 6.38. The van der Waals surface area contributed by atoms with Crippen LogP contribution in [-0.2, 0) is 4.74 Å². The Morgan fingerprint density at radius 1 is 1.50 bits per heavy atom. The zero-order valence-electron chi connectivity index (χ0n) is 9.75. The molecule has 0 aromatic carbocycles. The van der Waals surface area contributed by atoms with Gasteiger partial charge in [-0.05, 0) is 40.3 Å². The van der Waals surface area contributed by atoms with Gasteiger partial charge in [-0.3, -0.25) is 0 Å². The van der Waals surface area contributed by atoms with Crippen molar-refractivity contribution in [2.75, 3.05) is 33.3 Å². The monoisotopic (exact) mass is 200 g/mol. The molecule has 84 valence electrons. The van der Waals surface area contributed by atoms with Gasteiger partial charge in [-0.15, -0.1) is 0 Å². The first-order chi connectivity index (χ1) is 6.68. The highest BCUT2D eigenvalue weighted by Crippen LogP contribution is 2.05. The first-order valence-electron chi connectivity index (χ1n) is 5.72. The van der Waals surface area contributed by atoms with Gasteiger partial charge in [0.05, 0.1) is 12.7 Å². The molecular formula is C11H24N2O. The van der Waals surface area contributed by atoms with Crippen molar-refractivity contribution in [2.45, 2.75) is 38.8 Å². The molecular weight excluding hydrogens is 176 g/mol. The van der Waals surface area contributed by atoms with Crippen LogP contribution in [0.5, 0.6) is 0 Å². The van der Waals surface area contributed by atoms with Crippen LogP contribution in [0.4, 0.5) is 0 Å². The van der Waals surface area contributed by atoms with E-state index in [1.54, 1.807) is 0 Å². The molecule has 0 amide bonds. The Kier molecular flexibility index (Phi) is 5.45. The summed E-state index contributed by atoms with van der Waals surface area (Å²) in [6.07, 6.45) is 3.02. The summed E-state index contributed by atoms with van der Waals surface area (Å²) in [6, 6.07) is 0.707. The summed E-state index contributed by atoms with van der Waals surface area (Å²) in [5.74, 6) is 0. The van der Waals surface area contributed by atoms with Crippen LogP contribution in [0.2, 0.25) is 0 Å². The maximum atomic E-state index is 5.51. The molecule has 1 saturated heterocycles. The van der Waals surface area contributed by atoms with Crippen LogP contribution in [0.1, 0.15) is 26.7 Å². The van der Waals surface area contributed by atoms with Crippen molar-refractivity contribution < 1.29 is 4.74 Å². The molecule has 0 aliphatic carbocycles. The zero-order chi connectivity index (χ0) is 10.4. The predicted octanol–water partition coefficient (Wildman–Crippen LogP) is 1.10. The normalized spacial score (nSPS) is 22.5. The number of nitrogens with zero attached hydrogens (tertiary/aromatic N) is 1. The maximum Gasteiger partial charge on any atom is 0.0596 e. The molecule has 0 aromatic heterocycles. The fraction of sp³-hybridized carbons (Fsp3) is 1.00. The quantitative estimate of drug-likeness (QED) is 0.695. The van der Waals surface area contributed by atoms with E-state index in [9.17, 15) is 0 Å². The van der Waals surface area contributed by atoms with Gasteiger partial charge in [-0.25, -0.2) is 0 Å². The minimum atomic E-state index is 0.355. The lowest BCUT2D eigenvalue weighted by molar-refractivity contribution is 0.0626. The Labute approximate surface area is 87.8 Å². The first-order valence-corrected chi connectivity index (χ1v) is 5.72. The molecule has 0 saturated carbocycles. The predicted molar refractivity (Wildman–Crippen MR) is 59.6 cm³/mol. The number of hydrogen-bond acceptors (Lipinski definition) is 3. The van der Waals surface area contributed by atoms with Crippen molar-refractivity contribution in [2.24, 2.45) is 0 Å². The number of ether oxygens (including phenoxy) is 1. The van der Waals surface area contributed by atoms with Crippen molar-refractivity contribution in [3.05, 3.63) is 0 Å². The summed E-state index contributed by atoms with van der Waals surface area (Å²) in [5.41, 5.74) is 0. The van der Waals surface area contributed by atoms with Crippen molar-refractivity contribution in [3.63, 3.8) is 0 Å². The van der Waals surface area contributed by atoms with Crippen molar-refractivity contribution in [1.29, 1.82) is 0 Å². The highest BCUT2D eigenvalue weighted by atomic mass is 16.5. The zero-order valence-corrected chi connectivity index (χ0v) is 9.75. The molecule has 0 aromatic rings. The van der Waals surface area contributed by atoms with Gasteiger partial charge in [0.1, 0.15) is 0 Å². The van der Waals surface area contributed by atoms with Crippen LogP contribution in [-0.4, -0.2) is 50.3 Å². The van der Waals surface area contributed by atoms with Gasteiger partial charge < -0.3 is 15.0 Å². The Balaban J connectivity index is 2.00. The fourth-order valence-electron chi connectivity index (χ4n) is 1.82. The Bertz CT molecular complexity index is 144. The van der Waals surface area contributed by atoms with E-state index in [0.29, 0.717) is 12.1 Å². The second-order valence-corrected chi connectivity index (χ2v) is 4.48. The van der Waals surface area contributed by atoms with E-state index in [-0.39, 0.29) is 0 Å². The molecule has 0 spiro atoms. The van der Waals surface area contributed by atoms with Gasteiger partial charge in [0.25, 0.3) is 0 Å². The molecule has 3 heteroatoms. The molecule has 1 aliphatic rings. The van der Waals surface area contributed by atoms with E-state index < -0.39 is 0 Å². The number of hydrogen-bond donors (Lipinski definition) is 1. The topological polar surface area (TPSA) is 24.5 Å². The lowest BCUT2D eigenvalue weighted by Gasteiger charge is -2.21. The Morgan fingerprint density at radius 2 is 2.29 bits per heavy atom. The maximum absolute atomic E-state index is 5.51. The standard InChI is InChI=1S/C11H24N2O/c1-10(2)14-8-7-13(3)9-11-5-4-6-12-11/h10-12H,4-9H2,1-3H3/t11-/m1/s1. The average molecular weight is 200 g/mol. The highest BCUT2D eigenvalue weighted by molar-refractivity contribution is 4.76. The summed E-state index contributed by atoms with van der Waals surface area (Å²) in [4.78, 5) is 2.35. The fourth-order valence-corrected chi connectivity index (χ4v) is 1.82. The van der Waals surface area contributed by atoms with Crippen molar-refractivity contribution in [3.8, 4) is 0 Å².